The Morgan fingerprint density at radius 1 is 1.17 bits per heavy atom. The van der Waals surface area contributed by atoms with Crippen LogP contribution in [-0.4, -0.2) is 17.3 Å². The third-order valence-corrected chi connectivity index (χ3v) is 7.73. The molecule has 0 heterocycles. The molecule has 2 nitrogen and oxygen atoms in total. The monoisotopic (exact) mass is 328 g/mol. The normalized spacial score (nSPS) is 40.6. The average Bonchev–Trinajstić information content (AvgIpc) is 2.82. The summed E-state index contributed by atoms with van der Waals surface area (Å²) in [5, 5.41) is 10.9. The molecule has 1 aromatic carbocycles. The molecular formula is C22H32O2. The number of rotatable bonds is 3. The number of benzene rings is 1. The zero-order valence-corrected chi connectivity index (χ0v) is 15.5. The molecule has 0 aliphatic heterocycles. The fourth-order valence-electron chi connectivity index (χ4n) is 6.11. The molecular weight excluding hydrogens is 296 g/mol. The highest BCUT2D eigenvalue weighted by Crippen LogP contribution is 2.64. The van der Waals surface area contributed by atoms with Gasteiger partial charge < -0.3 is 9.84 Å². The van der Waals surface area contributed by atoms with Crippen molar-refractivity contribution in [1.29, 1.82) is 0 Å². The van der Waals surface area contributed by atoms with Gasteiger partial charge in [-0.3, -0.25) is 0 Å². The Morgan fingerprint density at radius 2 is 2.00 bits per heavy atom. The maximum Gasteiger partial charge on any atom is 0.119 e. The van der Waals surface area contributed by atoms with Crippen LogP contribution in [0.1, 0.15) is 76.3 Å². The van der Waals surface area contributed by atoms with Crippen molar-refractivity contribution in [3.63, 3.8) is 0 Å². The number of ether oxygens (including phenoxy) is 1. The highest BCUT2D eigenvalue weighted by molar-refractivity contribution is 5.41. The summed E-state index contributed by atoms with van der Waals surface area (Å²) in [4.78, 5) is 0. The van der Waals surface area contributed by atoms with Crippen molar-refractivity contribution in [1.82, 2.24) is 0 Å². The SMILES string of the molecule is CCCOc1ccc2c(c1)CC[C@@H]1[C@H]3CC[C@@](C)(O)[C@]3(C)CC[C@@H]21. The second-order valence-corrected chi connectivity index (χ2v) is 8.89. The first kappa shape index (κ1) is 16.4. The molecule has 5 atom stereocenters. The van der Waals surface area contributed by atoms with E-state index in [2.05, 4.69) is 39.0 Å². The summed E-state index contributed by atoms with van der Waals surface area (Å²) in [7, 11) is 0. The van der Waals surface area contributed by atoms with Crippen LogP contribution in [0.5, 0.6) is 5.75 Å². The maximum atomic E-state index is 10.9. The molecule has 0 spiro atoms. The Balaban J connectivity index is 1.61. The van der Waals surface area contributed by atoms with E-state index in [0.717, 1.165) is 31.1 Å². The summed E-state index contributed by atoms with van der Waals surface area (Å²) >= 11 is 0. The Bertz CT molecular complexity index is 620. The molecule has 0 saturated heterocycles. The van der Waals surface area contributed by atoms with E-state index in [1.54, 1.807) is 5.56 Å². The third kappa shape index (κ3) is 2.33. The summed E-state index contributed by atoms with van der Waals surface area (Å²) in [5.74, 6) is 3.18. The van der Waals surface area contributed by atoms with Gasteiger partial charge in [0.2, 0.25) is 0 Å². The number of aryl methyl sites for hydroxylation is 1. The van der Waals surface area contributed by atoms with Crippen molar-refractivity contribution in [2.24, 2.45) is 17.3 Å². The lowest BCUT2D eigenvalue weighted by atomic mass is 9.53. The molecule has 24 heavy (non-hydrogen) atoms. The van der Waals surface area contributed by atoms with Gasteiger partial charge in [-0.25, -0.2) is 0 Å². The molecule has 2 saturated carbocycles. The van der Waals surface area contributed by atoms with E-state index in [9.17, 15) is 5.11 Å². The van der Waals surface area contributed by atoms with Crippen LogP contribution < -0.4 is 4.74 Å². The van der Waals surface area contributed by atoms with Gasteiger partial charge in [0, 0.05) is 0 Å². The van der Waals surface area contributed by atoms with Crippen molar-refractivity contribution in [3.8, 4) is 5.75 Å². The van der Waals surface area contributed by atoms with Gasteiger partial charge in [0.1, 0.15) is 5.75 Å². The van der Waals surface area contributed by atoms with Crippen molar-refractivity contribution >= 4 is 0 Å². The first-order valence-electron chi connectivity index (χ1n) is 9.94. The molecule has 0 aromatic heterocycles. The van der Waals surface area contributed by atoms with Crippen LogP contribution in [0.25, 0.3) is 0 Å². The van der Waals surface area contributed by atoms with Gasteiger partial charge in [0.25, 0.3) is 0 Å². The first-order chi connectivity index (χ1) is 11.5. The van der Waals surface area contributed by atoms with Crippen LogP contribution in [-0.2, 0) is 6.42 Å². The van der Waals surface area contributed by atoms with Crippen LogP contribution >= 0.6 is 0 Å². The Labute approximate surface area is 146 Å². The average molecular weight is 328 g/mol. The molecule has 3 aliphatic carbocycles. The minimum absolute atomic E-state index is 0.121. The molecule has 2 fully saturated rings. The Morgan fingerprint density at radius 3 is 2.79 bits per heavy atom. The summed E-state index contributed by atoms with van der Waals surface area (Å²) < 4.78 is 5.84. The molecule has 0 unspecified atom stereocenters. The molecule has 1 N–H and O–H groups in total. The smallest absolute Gasteiger partial charge is 0.119 e. The second kappa shape index (κ2) is 5.76. The zero-order valence-electron chi connectivity index (χ0n) is 15.5. The lowest BCUT2D eigenvalue weighted by Crippen LogP contribution is -2.49. The fraction of sp³-hybridized carbons (Fsp3) is 0.727. The third-order valence-electron chi connectivity index (χ3n) is 7.73. The molecule has 0 amide bonds. The van der Waals surface area contributed by atoms with Crippen molar-refractivity contribution in [2.75, 3.05) is 6.61 Å². The molecule has 0 radical (unpaired) electrons. The van der Waals surface area contributed by atoms with Gasteiger partial charge in [0.15, 0.2) is 0 Å². The van der Waals surface area contributed by atoms with E-state index in [1.807, 2.05) is 0 Å². The van der Waals surface area contributed by atoms with E-state index >= 15 is 0 Å². The lowest BCUT2D eigenvalue weighted by Gasteiger charge is -2.52. The summed E-state index contributed by atoms with van der Waals surface area (Å²) in [6.07, 6.45) is 8.10. The summed E-state index contributed by atoms with van der Waals surface area (Å²) in [5.41, 5.74) is 2.73. The lowest BCUT2D eigenvalue weighted by molar-refractivity contribution is -0.0901. The predicted octanol–water partition coefficient (Wildman–Crippen LogP) is 5.08. The highest BCUT2D eigenvalue weighted by Gasteiger charge is 2.59. The van der Waals surface area contributed by atoms with E-state index in [-0.39, 0.29) is 5.41 Å². The van der Waals surface area contributed by atoms with Crippen molar-refractivity contribution in [3.05, 3.63) is 29.3 Å². The van der Waals surface area contributed by atoms with Crippen LogP contribution in [0.15, 0.2) is 18.2 Å². The van der Waals surface area contributed by atoms with Crippen LogP contribution in [0, 0.1) is 17.3 Å². The van der Waals surface area contributed by atoms with Gasteiger partial charge in [0.05, 0.1) is 12.2 Å². The number of aliphatic hydroxyl groups is 1. The van der Waals surface area contributed by atoms with Crippen LogP contribution in [0.3, 0.4) is 0 Å². The minimum atomic E-state index is -0.471. The Kier molecular flexibility index (Phi) is 3.95. The summed E-state index contributed by atoms with van der Waals surface area (Å²) in [6.45, 7) is 7.40. The van der Waals surface area contributed by atoms with E-state index in [4.69, 9.17) is 4.74 Å². The first-order valence-corrected chi connectivity index (χ1v) is 9.94. The quantitative estimate of drug-likeness (QED) is 0.838. The van der Waals surface area contributed by atoms with E-state index < -0.39 is 5.60 Å². The standard InChI is InChI=1S/C22H32O2/c1-4-13-24-16-6-8-17-15(14-16)5-7-19-18(17)9-11-21(2)20(19)10-12-22(21,3)23/h6,8,14,18-20,23H,4-5,7,9-13H2,1-3H3/t18-,19-,20+,21+,22+/m0/s1. The number of hydrogen-bond donors (Lipinski definition) is 1. The molecule has 0 bridgehead atoms. The maximum absolute atomic E-state index is 10.9. The molecule has 132 valence electrons. The highest BCUT2D eigenvalue weighted by atomic mass is 16.5. The van der Waals surface area contributed by atoms with Gasteiger partial charge in [-0.05, 0) is 98.3 Å². The Hall–Kier alpha value is -1.02. The van der Waals surface area contributed by atoms with Gasteiger partial charge in [-0.2, -0.15) is 0 Å². The largest absolute Gasteiger partial charge is 0.494 e. The van der Waals surface area contributed by atoms with E-state index in [1.165, 1.54) is 37.7 Å². The zero-order chi connectivity index (χ0) is 16.9. The fourth-order valence-corrected chi connectivity index (χ4v) is 6.11. The summed E-state index contributed by atoms with van der Waals surface area (Å²) in [6, 6.07) is 6.81. The molecule has 3 aliphatic rings. The van der Waals surface area contributed by atoms with Crippen LogP contribution in [0.4, 0.5) is 0 Å². The van der Waals surface area contributed by atoms with Crippen molar-refractivity contribution in [2.45, 2.75) is 77.2 Å². The predicted molar refractivity (Wildman–Crippen MR) is 97.5 cm³/mol. The molecule has 1 aromatic rings. The topological polar surface area (TPSA) is 29.5 Å². The minimum Gasteiger partial charge on any atom is -0.494 e. The number of fused-ring (bicyclic) bond motifs is 5. The van der Waals surface area contributed by atoms with E-state index in [0.29, 0.717) is 11.8 Å². The number of hydrogen-bond acceptors (Lipinski definition) is 2. The second-order valence-electron chi connectivity index (χ2n) is 8.89. The van der Waals surface area contributed by atoms with Gasteiger partial charge in [-0.1, -0.05) is 19.9 Å². The van der Waals surface area contributed by atoms with Crippen LogP contribution in [0.2, 0.25) is 0 Å². The van der Waals surface area contributed by atoms with Crippen molar-refractivity contribution < 1.29 is 9.84 Å². The van der Waals surface area contributed by atoms with Gasteiger partial charge >= 0.3 is 0 Å². The van der Waals surface area contributed by atoms with Gasteiger partial charge in [-0.15, -0.1) is 0 Å². The molecule has 2 heteroatoms. The molecule has 4 rings (SSSR count).